The first-order valence-electron chi connectivity index (χ1n) is 5.35. The molecule has 1 heteroatoms. The molecular formula is C11H26O. The van der Waals surface area contributed by atoms with Gasteiger partial charge in [0.1, 0.15) is 0 Å². The van der Waals surface area contributed by atoms with Crippen LogP contribution in [0.15, 0.2) is 0 Å². The lowest BCUT2D eigenvalue weighted by Crippen LogP contribution is -2.26. The van der Waals surface area contributed by atoms with Gasteiger partial charge in [-0.2, -0.15) is 0 Å². The highest BCUT2D eigenvalue weighted by atomic mass is 16.3. The first kappa shape index (κ1) is 14.5. The normalized spacial score (nSPS) is 32.8. The zero-order chi connectivity index (χ0) is 10.2. The van der Waals surface area contributed by atoms with Crippen molar-refractivity contribution in [1.29, 1.82) is 0 Å². The van der Waals surface area contributed by atoms with Crippen LogP contribution in [0.1, 0.15) is 60.8 Å². The van der Waals surface area contributed by atoms with Gasteiger partial charge in [-0.15, -0.1) is 0 Å². The molecule has 2 unspecified atom stereocenters. The second-order valence-electron chi connectivity index (χ2n) is 3.15. The van der Waals surface area contributed by atoms with Crippen molar-refractivity contribution in [3.05, 3.63) is 0 Å². The number of rotatable bonds is 0. The van der Waals surface area contributed by atoms with Crippen LogP contribution in [0.25, 0.3) is 0 Å². The first-order chi connectivity index (χ1) is 5.63. The second-order valence-corrected chi connectivity index (χ2v) is 3.15. The molecule has 12 heavy (non-hydrogen) atoms. The van der Waals surface area contributed by atoms with E-state index in [-0.39, 0.29) is 5.60 Å². The van der Waals surface area contributed by atoms with Gasteiger partial charge in [-0.3, -0.25) is 0 Å². The Balaban J connectivity index is 0. The molecule has 1 N–H and O–H groups in total. The quantitative estimate of drug-likeness (QED) is 0.595. The molecule has 1 aliphatic rings. The van der Waals surface area contributed by atoms with E-state index in [1.807, 2.05) is 34.6 Å². The molecule has 2 atom stereocenters. The van der Waals surface area contributed by atoms with E-state index >= 15 is 0 Å². The Morgan fingerprint density at radius 2 is 1.58 bits per heavy atom. The fourth-order valence-corrected chi connectivity index (χ4v) is 1.32. The summed E-state index contributed by atoms with van der Waals surface area (Å²) < 4.78 is 0. The van der Waals surface area contributed by atoms with Gasteiger partial charge in [-0.05, 0) is 25.7 Å². The standard InChI is InChI=1S/C7H14O.2C2H6/c1-6-4-3-5-7(6,2)8;2*1-2/h6,8H,3-5H2,1-2H3;2*1-2H3. The van der Waals surface area contributed by atoms with E-state index in [4.69, 9.17) is 0 Å². The molecule has 1 fully saturated rings. The summed E-state index contributed by atoms with van der Waals surface area (Å²) in [4.78, 5) is 0. The van der Waals surface area contributed by atoms with Crippen LogP contribution in [0.5, 0.6) is 0 Å². The molecule has 1 rings (SSSR count). The van der Waals surface area contributed by atoms with Gasteiger partial charge in [-0.25, -0.2) is 0 Å². The van der Waals surface area contributed by atoms with Crippen LogP contribution >= 0.6 is 0 Å². The highest BCUT2D eigenvalue weighted by Gasteiger charge is 2.32. The van der Waals surface area contributed by atoms with E-state index in [9.17, 15) is 5.11 Å². The lowest BCUT2D eigenvalue weighted by Gasteiger charge is -2.20. The summed E-state index contributed by atoms with van der Waals surface area (Å²) in [6, 6.07) is 0. The molecule has 0 radical (unpaired) electrons. The van der Waals surface area contributed by atoms with E-state index in [1.165, 1.54) is 12.8 Å². The van der Waals surface area contributed by atoms with E-state index in [2.05, 4.69) is 6.92 Å². The largest absolute Gasteiger partial charge is 0.390 e. The van der Waals surface area contributed by atoms with Gasteiger partial charge in [0.05, 0.1) is 5.60 Å². The lowest BCUT2D eigenvalue weighted by molar-refractivity contribution is 0.0284. The Kier molecular flexibility index (Phi) is 9.17. The number of hydrogen-bond donors (Lipinski definition) is 1. The van der Waals surface area contributed by atoms with Crippen LogP contribution in [0.4, 0.5) is 0 Å². The molecule has 0 aliphatic heterocycles. The smallest absolute Gasteiger partial charge is 0.0645 e. The summed E-state index contributed by atoms with van der Waals surface area (Å²) in [6.07, 6.45) is 3.40. The highest BCUT2D eigenvalue weighted by Crippen LogP contribution is 2.34. The van der Waals surface area contributed by atoms with Crippen molar-refractivity contribution in [1.82, 2.24) is 0 Å². The van der Waals surface area contributed by atoms with Gasteiger partial charge in [0, 0.05) is 0 Å². The summed E-state index contributed by atoms with van der Waals surface area (Å²) in [6.45, 7) is 12.1. The molecule has 1 saturated carbocycles. The van der Waals surface area contributed by atoms with Crippen molar-refractivity contribution in [3.63, 3.8) is 0 Å². The van der Waals surface area contributed by atoms with Crippen molar-refractivity contribution in [2.75, 3.05) is 0 Å². The van der Waals surface area contributed by atoms with Crippen molar-refractivity contribution < 1.29 is 5.11 Å². The number of hydrogen-bond acceptors (Lipinski definition) is 1. The van der Waals surface area contributed by atoms with Gasteiger partial charge < -0.3 is 5.11 Å². The molecule has 0 bridgehead atoms. The molecule has 0 aromatic carbocycles. The maximum atomic E-state index is 9.46. The highest BCUT2D eigenvalue weighted by molar-refractivity contribution is 4.84. The molecular weight excluding hydrogens is 148 g/mol. The zero-order valence-electron chi connectivity index (χ0n) is 9.65. The maximum Gasteiger partial charge on any atom is 0.0645 e. The summed E-state index contributed by atoms with van der Waals surface area (Å²) in [5.74, 6) is 0.516. The van der Waals surface area contributed by atoms with Gasteiger partial charge in [0.2, 0.25) is 0 Å². The minimum atomic E-state index is -0.347. The minimum absolute atomic E-state index is 0.347. The molecule has 0 spiro atoms. The molecule has 0 amide bonds. The predicted octanol–water partition coefficient (Wildman–Crippen LogP) is 3.61. The first-order valence-corrected chi connectivity index (χ1v) is 5.35. The summed E-state index contributed by atoms with van der Waals surface area (Å²) >= 11 is 0. The molecule has 1 aliphatic carbocycles. The van der Waals surface area contributed by atoms with Gasteiger partial charge >= 0.3 is 0 Å². The van der Waals surface area contributed by atoms with Crippen molar-refractivity contribution in [2.45, 2.75) is 66.4 Å². The summed E-state index contributed by atoms with van der Waals surface area (Å²) in [7, 11) is 0. The van der Waals surface area contributed by atoms with Crippen LogP contribution in [-0.4, -0.2) is 10.7 Å². The van der Waals surface area contributed by atoms with Crippen LogP contribution in [0.2, 0.25) is 0 Å². The van der Waals surface area contributed by atoms with Crippen molar-refractivity contribution in [3.8, 4) is 0 Å². The minimum Gasteiger partial charge on any atom is -0.390 e. The third-order valence-electron chi connectivity index (χ3n) is 2.38. The van der Waals surface area contributed by atoms with Crippen LogP contribution in [0, 0.1) is 5.92 Å². The fraction of sp³-hybridized carbons (Fsp3) is 1.00. The monoisotopic (exact) mass is 174 g/mol. The molecule has 76 valence electrons. The van der Waals surface area contributed by atoms with Crippen molar-refractivity contribution in [2.24, 2.45) is 5.92 Å². The Hall–Kier alpha value is -0.0400. The SMILES string of the molecule is CC.CC.CC1CCCC1(C)O. The Morgan fingerprint density at radius 3 is 1.67 bits per heavy atom. The Morgan fingerprint density at radius 1 is 1.17 bits per heavy atom. The lowest BCUT2D eigenvalue weighted by atomic mass is 9.95. The topological polar surface area (TPSA) is 20.2 Å². The zero-order valence-corrected chi connectivity index (χ0v) is 9.65. The van der Waals surface area contributed by atoms with Gasteiger partial charge in [0.15, 0.2) is 0 Å². The van der Waals surface area contributed by atoms with Gasteiger partial charge in [-0.1, -0.05) is 41.0 Å². The molecule has 0 aromatic rings. The van der Waals surface area contributed by atoms with Crippen LogP contribution < -0.4 is 0 Å². The predicted molar refractivity (Wildman–Crippen MR) is 56.3 cm³/mol. The van der Waals surface area contributed by atoms with Crippen molar-refractivity contribution >= 4 is 0 Å². The summed E-state index contributed by atoms with van der Waals surface area (Å²) in [5, 5.41) is 9.46. The average molecular weight is 174 g/mol. The molecule has 0 aromatic heterocycles. The van der Waals surface area contributed by atoms with E-state index in [0.29, 0.717) is 5.92 Å². The van der Waals surface area contributed by atoms with Gasteiger partial charge in [0.25, 0.3) is 0 Å². The van der Waals surface area contributed by atoms with Crippen LogP contribution in [-0.2, 0) is 0 Å². The number of aliphatic hydroxyl groups is 1. The Bertz CT molecular complexity index is 87.0. The van der Waals surface area contributed by atoms with E-state index in [0.717, 1.165) is 6.42 Å². The summed E-state index contributed by atoms with van der Waals surface area (Å²) in [5.41, 5.74) is -0.347. The molecule has 0 saturated heterocycles. The van der Waals surface area contributed by atoms with E-state index < -0.39 is 0 Å². The second kappa shape index (κ2) is 7.60. The fourth-order valence-electron chi connectivity index (χ4n) is 1.32. The third-order valence-corrected chi connectivity index (χ3v) is 2.38. The van der Waals surface area contributed by atoms with Crippen LogP contribution in [0.3, 0.4) is 0 Å². The van der Waals surface area contributed by atoms with E-state index in [1.54, 1.807) is 0 Å². The molecule has 0 heterocycles. The maximum absolute atomic E-state index is 9.46. The molecule has 1 nitrogen and oxygen atoms in total. The third kappa shape index (κ3) is 4.76. The Labute approximate surface area is 78.2 Å². The average Bonchev–Trinajstić information content (AvgIpc) is 2.38.